The van der Waals surface area contributed by atoms with Crippen LogP contribution < -0.4 is 4.74 Å². The molecule has 0 radical (unpaired) electrons. The summed E-state index contributed by atoms with van der Waals surface area (Å²) in [5.74, 6) is 0.312. The summed E-state index contributed by atoms with van der Waals surface area (Å²) in [5, 5.41) is 20.6. The van der Waals surface area contributed by atoms with Gasteiger partial charge in [-0.05, 0) is 111 Å². The topological polar surface area (TPSA) is 49.7 Å². The second kappa shape index (κ2) is 10.9. The lowest BCUT2D eigenvalue weighted by Gasteiger charge is -2.37. The standard InChI is InChI=1S/C28H42O3/c1-19(2)11-8-12-20(3)13-9-14-21(4)15-10-17-28(7)18-16-24-22(5)23(6)25(29)26(30)27(24)31-28/h11,13,15,29-30H,8-10,12,14,16-18H2,1-7H3/b20-13+,21-15+/t28-/m0/s1. The van der Waals surface area contributed by atoms with Crippen molar-refractivity contribution in [2.24, 2.45) is 0 Å². The minimum absolute atomic E-state index is 0.0551. The summed E-state index contributed by atoms with van der Waals surface area (Å²) >= 11 is 0. The second-order valence-electron chi connectivity index (χ2n) is 9.81. The minimum atomic E-state index is -0.323. The molecule has 2 rings (SSSR count). The van der Waals surface area contributed by atoms with Crippen LogP contribution >= 0.6 is 0 Å². The zero-order valence-corrected chi connectivity index (χ0v) is 20.7. The van der Waals surface area contributed by atoms with Crippen LogP contribution in [0, 0.1) is 13.8 Å². The van der Waals surface area contributed by atoms with E-state index in [1.165, 1.54) is 16.7 Å². The largest absolute Gasteiger partial charge is 0.504 e. The molecule has 0 aromatic heterocycles. The van der Waals surface area contributed by atoms with E-state index in [0.717, 1.165) is 68.1 Å². The first-order valence-corrected chi connectivity index (χ1v) is 11.7. The zero-order chi connectivity index (χ0) is 23.2. The van der Waals surface area contributed by atoms with Gasteiger partial charge in [0.15, 0.2) is 11.5 Å². The van der Waals surface area contributed by atoms with E-state index in [4.69, 9.17) is 4.74 Å². The number of benzene rings is 1. The van der Waals surface area contributed by atoms with Gasteiger partial charge >= 0.3 is 0 Å². The zero-order valence-electron chi connectivity index (χ0n) is 20.7. The molecule has 172 valence electrons. The number of hydrogen-bond donors (Lipinski definition) is 2. The van der Waals surface area contributed by atoms with Crippen molar-refractivity contribution in [1.82, 2.24) is 0 Å². The van der Waals surface area contributed by atoms with Crippen LogP contribution in [0.3, 0.4) is 0 Å². The van der Waals surface area contributed by atoms with Crippen LogP contribution in [0.2, 0.25) is 0 Å². The van der Waals surface area contributed by atoms with Gasteiger partial charge in [-0.25, -0.2) is 0 Å². The fraction of sp³-hybridized carbons (Fsp3) is 0.571. The van der Waals surface area contributed by atoms with Gasteiger partial charge in [0.25, 0.3) is 0 Å². The van der Waals surface area contributed by atoms with E-state index in [9.17, 15) is 10.2 Å². The smallest absolute Gasteiger partial charge is 0.201 e. The van der Waals surface area contributed by atoms with E-state index in [1.54, 1.807) is 0 Å². The van der Waals surface area contributed by atoms with Crippen molar-refractivity contribution in [3.8, 4) is 17.2 Å². The molecule has 1 atom stereocenters. The highest BCUT2D eigenvalue weighted by Gasteiger charge is 2.35. The van der Waals surface area contributed by atoms with Crippen molar-refractivity contribution in [3.05, 3.63) is 51.6 Å². The first kappa shape index (κ1) is 25.1. The van der Waals surface area contributed by atoms with Gasteiger partial charge in [-0.1, -0.05) is 34.9 Å². The van der Waals surface area contributed by atoms with E-state index in [2.05, 4.69) is 52.8 Å². The molecule has 0 unspecified atom stereocenters. The van der Waals surface area contributed by atoms with Crippen LogP contribution in [0.4, 0.5) is 0 Å². The Morgan fingerprint density at radius 2 is 1.45 bits per heavy atom. The van der Waals surface area contributed by atoms with E-state index >= 15 is 0 Å². The summed E-state index contributed by atoms with van der Waals surface area (Å²) in [7, 11) is 0. The Balaban J connectivity index is 1.88. The summed E-state index contributed by atoms with van der Waals surface area (Å²) < 4.78 is 6.26. The van der Waals surface area contributed by atoms with Crippen molar-refractivity contribution >= 4 is 0 Å². The predicted octanol–water partition coefficient (Wildman–Crippen LogP) is 8.00. The maximum atomic E-state index is 10.4. The molecule has 0 saturated heterocycles. The number of allylic oxidation sites excluding steroid dienone is 6. The Labute approximate surface area is 189 Å². The number of ether oxygens (including phenoxy) is 1. The van der Waals surface area contributed by atoms with Crippen molar-refractivity contribution < 1.29 is 14.9 Å². The summed E-state index contributed by atoms with van der Waals surface area (Å²) in [6, 6.07) is 0. The van der Waals surface area contributed by atoms with Crippen molar-refractivity contribution in [2.45, 2.75) is 105 Å². The van der Waals surface area contributed by atoms with Crippen LogP contribution in [-0.4, -0.2) is 15.8 Å². The van der Waals surface area contributed by atoms with Crippen molar-refractivity contribution in [3.63, 3.8) is 0 Å². The van der Waals surface area contributed by atoms with Crippen LogP contribution in [0.15, 0.2) is 34.9 Å². The van der Waals surface area contributed by atoms with Gasteiger partial charge in [-0.15, -0.1) is 0 Å². The van der Waals surface area contributed by atoms with Crippen LogP contribution in [0.1, 0.15) is 96.3 Å². The summed E-state index contributed by atoms with van der Waals surface area (Å²) in [5.41, 5.74) is 6.75. The van der Waals surface area contributed by atoms with Gasteiger partial charge in [-0.2, -0.15) is 0 Å². The molecule has 1 heterocycles. The number of fused-ring (bicyclic) bond motifs is 1. The molecule has 0 bridgehead atoms. The van der Waals surface area contributed by atoms with E-state index < -0.39 is 0 Å². The van der Waals surface area contributed by atoms with Crippen LogP contribution in [0.25, 0.3) is 0 Å². The Hall–Kier alpha value is -2.16. The third kappa shape index (κ3) is 6.92. The molecule has 2 N–H and O–H groups in total. The van der Waals surface area contributed by atoms with Crippen LogP contribution in [0.5, 0.6) is 17.2 Å². The fourth-order valence-electron chi connectivity index (χ4n) is 4.24. The van der Waals surface area contributed by atoms with Gasteiger partial charge in [0.05, 0.1) is 0 Å². The normalized spacial score (nSPS) is 19.1. The number of phenols is 2. The van der Waals surface area contributed by atoms with E-state index in [0.29, 0.717) is 5.75 Å². The number of aromatic hydroxyl groups is 2. The summed E-state index contributed by atoms with van der Waals surface area (Å²) in [4.78, 5) is 0. The highest BCUT2D eigenvalue weighted by Crippen LogP contribution is 2.48. The maximum Gasteiger partial charge on any atom is 0.201 e. The average Bonchev–Trinajstić information content (AvgIpc) is 2.70. The fourth-order valence-corrected chi connectivity index (χ4v) is 4.24. The third-order valence-electron chi connectivity index (χ3n) is 6.62. The maximum absolute atomic E-state index is 10.4. The molecule has 3 heteroatoms. The molecule has 3 nitrogen and oxygen atoms in total. The molecule has 0 amide bonds. The van der Waals surface area contributed by atoms with Gasteiger partial charge in [-0.3, -0.25) is 0 Å². The molecule has 0 fully saturated rings. The lowest BCUT2D eigenvalue weighted by Crippen LogP contribution is -2.36. The molecular weight excluding hydrogens is 384 g/mol. The molecular formula is C28H42O3. The van der Waals surface area contributed by atoms with Gasteiger partial charge < -0.3 is 14.9 Å². The molecule has 1 aromatic carbocycles. The Morgan fingerprint density at radius 3 is 2.06 bits per heavy atom. The molecule has 1 aromatic rings. The van der Waals surface area contributed by atoms with Gasteiger partial charge in [0.2, 0.25) is 5.75 Å². The molecule has 0 saturated carbocycles. The highest BCUT2D eigenvalue weighted by molar-refractivity contribution is 5.62. The van der Waals surface area contributed by atoms with E-state index in [-0.39, 0.29) is 17.1 Å². The number of phenolic OH excluding ortho intramolecular Hbond substituents is 2. The quantitative estimate of drug-likeness (QED) is 0.311. The Morgan fingerprint density at radius 1 is 0.871 bits per heavy atom. The summed E-state index contributed by atoms with van der Waals surface area (Å²) in [6.07, 6.45) is 15.1. The first-order valence-electron chi connectivity index (χ1n) is 11.7. The number of rotatable bonds is 9. The minimum Gasteiger partial charge on any atom is -0.504 e. The molecule has 1 aliphatic heterocycles. The van der Waals surface area contributed by atoms with E-state index in [1.807, 2.05) is 13.8 Å². The SMILES string of the molecule is CC(C)=CCC/C(C)=C/CC/C(C)=C/CC[C@@]1(C)CCc2c(C)c(C)c(O)c(O)c2O1. The number of hydrogen-bond acceptors (Lipinski definition) is 3. The Bertz CT molecular complexity index is 869. The molecule has 1 aliphatic rings. The third-order valence-corrected chi connectivity index (χ3v) is 6.62. The van der Waals surface area contributed by atoms with Crippen molar-refractivity contribution in [2.75, 3.05) is 0 Å². The second-order valence-corrected chi connectivity index (χ2v) is 9.81. The predicted molar refractivity (Wildman–Crippen MR) is 131 cm³/mol. The van der Waals surface area contributed by atoms with Crippen molar-refractivity contribution in [1.29, 1.82) is 0 Å². The highest BCUT2D eigenvalue weighted by atomic mass is 16.5. The lowest BCUT2D eigenvalue weighted by molar-refractivity contribution is 0.0530. The van der Waals surface area contributed by atoms with Gasteiger partial charge in [0.1, 0.15) is 5.60 Å². The first-order chi connectivity index (χ1) is 14.5. The lowest BCUT2D eigenvalue weighted by atomic mass is 9.85. The van der Waals surface area contributed by atoms with Crippen LogP contribution in [-0.2, 0) is 6.42 Å². The molecule has 0 spiro atoms. The Kier molecular flexibility index (Phi) is 8.85. The van der Waals surface area contributed by atoms with Gasteiger partial charge in [0, 0.05) is 5.56 Å². The molecule has 0 aliphatic carbocycles. The molecule has 31 heavy (non-hydrogen) atoms. The monoisotopic (exact) mass is 426 g/mol. The average molecular weight is 427 g/mol. The summed E-state index contributed by atoms with van der Waals surface area (Å²) in [6.45, 7) is 14.7.